The molecule has 1 saturated heterocycles. The molecule has 2 aliphatic rings. The molecular formula is C14H28N2. The van der Waals surface area contributed by atoms with Crippen LogP contribution in [0.1, 0.15) is 58.8 Å². The van der Waals surface area contributed by atoms with Crippen molar-refractivity contribution in [2.24, 2.45) is 11.1 Å². The van der Waals surface area contributed by atoms with Gasteiger partial charge in [-0.2, -0.15) is 0 Å². The van der Waals surface area contributed by atoms with Crippen LogP contribution in [-0.2, 0) is 0 Å². The Morgan fingerprint density at radius 1 is 1.06 bits per heavy atom. The fraction of sp³-hybridized carbons (Fsp3) is 1.00. The maximum absolute atomic E-state index is 6.08. The summed E-state index contributed by atoms with van der Waals surface area (Å²) >= 11 is 0. The van der Waals surface area contributed by atoms with Gasteiger partial charge in [0.2, 0.25) is 0 Å². The van der Waals surface area contributed by atoms with Crippen LogP contribution in [0.25, 0.3) is 0 Å². The molecule has 94 valence electrons. The molecule has 2 heteroatoms. The quantitative estimate of drug-likeness (QED) is 0.795. The maximum Gasteiger partial charge on any atom is 0.0331 e. The van der Waals surface area contributed by atoms with Gasteiger partial charge in [-0.05, 0) is 44.1 Å². The molecule has 0 radical (unpaired) electrons. The van der Waals surface area contributed by atoms with Crippen molar-refractivity contribution in [3.8, 4) is 0 Å². The van der Waals surface area contributed by atoms with E-state index < -0.39 is 0 Å². The first-order valence-electron chi connectivity index (χ1n) is 7.15. The molecule has 0 aromatic rings. The third-order valence-corrected chi connectivity index (χ3v) is 5.52. The van der Waals surface area contributed by atoms with Gasteiger partial charge in [0, 0.05) is 18.6 Å². The molecule has 0 atom stereocenters. The molecule has 1 aliphatic heterocycles. The molecule has 2 N–H and O–H groups in total. The molecule has 0 aromatic carbocycles. The van der Waals surface area contributed by atoms with E-state index >= 15 is 0 Å². The van der Waals surface area contributed by atoms with Gasteiger partial charge in [-0.1, -0.05) is 26.7 Å². The fourth-order valence-electron chi connectivity index (χ4n) is 3.85. The average molecular weight is 224 g/mol. The summed E-state index contributed by atoms with van der Waals surface area (Å²) in [5, 5.41) is 0. The Morgan fingerprint density at radius 3 is 2.12 bits per heavy atom. The van der Waals surface area contributed by atoms with Gasteiger partial charge in [-0.25, -0.2) is 0 Å². The SMILES string of the molecule is CCC1(CC)CCN(C2(CN)CCCC2)C1. The molecule has 2 rings (SSSR count). The van der Waals surface area contributed by atoms with Crippen molar-refractivity contribution in [2.45, 2.75) is 64.3 Å². The predicted octanol–water partition coefficient (Wildman–Crippen LogP) is 2.77. The first-order chi connectivity index (χ1) is 7.70. The van der Waals surface area contributed by atoms with Gasteiger partial charge in [0.25, 0.3) is 0 Å². The second-order valence-electron chi connectivity index (χ2n) is 6.01. The molecule has 16 heavy (non-hydrogen) atoms. The zero-order valence-electron chi connectivity index (χ0n) is 11.1. The Balaban J connectivity index is 2.07. The third kappa shape index (κ3) is 1.91. The van der Waals surface area contributed by atoms with Gasteiger partial charge >= 0.3 is 0 Å². The Labute approximate surface area is 101 Å². The highest BCUT2D eigenvalue weighted by atomic mass is 15.2. The summed E-state index contributed by atoms with van der Waals surface area (Å²) in [7, 11) is 0. The lowest BCUT2D eigenvalue weighted by molar-refractivity contribution is 0.108. The van der Waals surface area contributed by atoms with Gasteiger partial charge in [-0.3, -0.25) is 4.90 Å². The van der Waals surface area contributed by atoms with Crippen molar-refractivity contribution in [1.29, 1.82) is 0 Å². The number of hydrogen-bond donors (Lipinski definition) is 1. The predicted molar refractivity (Wildman–Crippen MR) is 69.5 cm³/mol. The van der Waals surface area contributed by atoms with Crippen molar-refractivity contribution < 1.29 is 0 Å². The minimum Gasteiger partial charge on any atom is -0.329 e. The molecule has 0 bridgehead atoms. The summed E-state index contributed by atoms with van der Waals surface area (Å²) in [6.07, 6.45) is 9.51. The topological polar surface area (TPSA) is 29.3 Å². The summed E-state index contributed by atoms with van der Waals surface area (Å²) in [4.78, 5) is 2.74. The first kappa shape index (κ1) is 12.4. The van der Waals surface area contributed by atoms with Gasteiger partial charge < -0.3 is 5.73 Å². The van der Waals surface area contributed by atoms with Crippen LogP contribution in [0.5, 0.6) is 0 Å². The minimum absolute atomic E-state index is 0.381. The smallest absolute Gasteiger partial charge is 0.0331 e. The number of likely N-dealkylation sites (tertiary alicyclic amines) is 1. The largest absolute Gasteiger partial charge is 0.329 e. The van der Waals surface area contributed by atoms with E-state index in [2.05, 4.69) is 18.7 Å². The van der Waals surface area contributed by atoms with Crippen LogP contribution in [0, 0.1) is 5.41 Å². The molecule has 0 aromatic heterocycles. The van der Waals surface area contributed by atoms with Crippen LogP contribution in [0.2, 0.25) is 0 Å². The summed E-state index contributed by atoms with van der Waals surface area (Å²) in [5.74, 6) is 0. The molecule has 1 aliphatic carbocycles. The third-order valence-electron chi connectivity index (χ3n) is 5.52. The van der Waals surface area contributed by atoms with E-state index in [9.17, 15) is 0 Å². The monoisotopic (exact) mass is 224 g/mol. The van der Waals surface area contributed by atoms with Crippen LogP contribution in [0.4, 0.5) is 0 Å². The molecule has 0 unspecified atom stereocenters. The molecule has 2 nitrogen and oxygen atoms in total. The van der Waals surface area contributed by atoms with E-state index in [0.29, 0.717) is 11.0 Å². The van der Waals surface area contributed by atoms with E-state index in [1.807, 2.05) is 0 Å². The summed E-state index contributed by atoms with van der Waals surface area (Å²) < 4.78 is 0. The number of nitrogens with zero attached hydrogens (tertiary/aromatic N) is 1. The highest BCUT2D eigenvalue weighted by Crippen LogP contribution is 2.44. The second-order valence-corrected chi connectivity index (χ2v) is 6.01. The Hall–Kier alpha value is -0.0800. The molecule has 0 amide bonds. The second kappa shape index (κ2) is 4.66. The number of nitrogens with two attached hydrogens (primary N) is 1. The molecule has 0 spiro atoms. The van der Waals surface area contributed by atoms with Crippen LogP contribution in [0.15, 0.2) is 0 Å². The first-order valence-corrected chi connectivity index (χ1v) is 7.15. The number of hydrogen-bond acceptors (Lipinski definition) is 2. The van der Waals surface area contributed by atoms with Crippen LogP contribution in [0.3, 0.4) is 0 Å². The van der Waals surface area contributed by atoms with E-state index in [1.54, 1.807) is 0 Å². The van der Waals surface area contributed by atoms with E-state index in [-0.39, 0.29) is 0 Å². The summed E-state index contributed by atoms with van der Waals surface area (Å²) in [6, 6.07) is 0. The zero-order chi connectivity index (χ0) is 11.6. The minimum atomic E-state index is 0.381. The van der Waals surface area contributed by atoms with Crippen LogP contribution >= 0.6 is 0 Å². The van der Waals surface area contributed by atoms with Gasteiger partial charge in [-0.15, -0.1) is 0 Å². The van der Waals surface area contributed by atoms with E-state index in [4.69, 9.17) is 5.73 Å². The van der Waals surface area contributed by atoms with Crippen LogP contribution in [-0.4, -0.2) is 30.1 Å². The lowest BCUT2D eigenvalue weighted by Gasteiger charge is -2.39. The summed E-state index contributed by atoms with van der Waals surface area (Å²) in [5.41, 5.74) is 7.06. The average Bonchev–Trinajstić information content (AvgIpc) is 2.97. The lowest BCUT2D eigenvalue weighted by atomic mass is 9.81. The highest BCUT2D eigenvalue weighted by molar-refractivity contribution is 5.01. The van der Waals surface area contributed by atoms with E-state index in [0.717, 1.165) is 6.54 Å². The highest BCUT2D eigenvalue weighted by Gasteiger charge is 2.45. The molecule has 2 fully saturated rings. The van der Waals surface area contributed by atoms with Gasteiger partial charge in [0.1, 0.15) is 0 Å². The van der Waals surface area contributed by atoms with Gasteiger partial charge in [0.15, 0.2) is 0 Å². The zero-order valence-corrected chi connectivity index (χ0v) is 11.1. The van der Waals surface area contributed by atoms with Crippen LogP contribution < -0.4 is 5.73 Å². The van der Waals surface area contributed by atoms with Crippen molar-refractivity contribution >= 4 is 0 Å². The van der Waals surface area contributed by atoms with Crippen molar-refractivity contribution in [2.75, 3.05) is 19.6 Å². The van der Waals surface area contributed by atoms with Crippen molar-refractivity contribution in [3.63, 3.8) is 0 Å². The Bertz CT molecular complexity index is 227. The molecular weight excluding hydrogens is 196 g/mol. The summed E-state index contributed by atoms with van der Waals surface area (Å²) in [6.45, 7) is 8.18. The Morgan fingerprint density at radius 2 is 1.69 bits per heavy atom. The van der Waals surface area contributed by atoms with Crippen molar-refractivity contribution in [3.05, 3.63) is 0 Å². The van der Waals surface area contributed by atoms with E-state index in [1.165, 1.54) is 58.0 Å². The maximum atomic E-state index is 6.08. The Kier molecular flexibility index (Phi) is 3.60. The normalized spacial score (nSPS) is 28.7. The van der Waals surface area contributed by atoms with Gasteiger partial charge in [0.05, 0.1) is 0 Å². The van der Waals surface area contributed by atoms with Crippen molar-refractivity contribution in [1.82, 2.24) is 4.90 Å². The molecule has 1 saturated carbocycles. The standard InChI is InChI=1S/C14H28N2/c1-3-13(4-2)9-10-16(12-13)14(11-15)7-5-6-8-14/h3-12,15H2,1-2H3. The lowest BCUT2D eigenvalue weighted by Crippen LogP contribution is -2.51. The number of rotatable bonds is 4. The molecule has 1 heterocycles. The fourth-order valence-corrected chi connectivity index (χ4v) is 3.85.